The molecule has 0 spiro atoms. The van der Waals surface area contributed by atoms with E-state index in [0.717, 1.165) is 11.3 Å². The van der Waals surface area contributed by atoms with Crippen molar-refractivity contribution in [3.8, 4) is 0 Å². The first kappa shape index (κ1) is 21.9. The van der Waals surface area contributed by atoms with Gasteiger partial charge in [-0.2, -0.15) is 0 Å². The summed E-state index contributed by atoms with van der Waals surface area (Å²) < 4.78 is 0. The number of nitrogens with one attached hydrogen (secondary N) is 2. The Morgan fingerprint density at radius 3 is 2.74 bits per heavy atom. The van der Waals surface area contributed by atoms with Crippen LogP contribution in [0.1, 0.15) is 25.8 Å². The van der Waals surface area contributed by atoms with Gasteiger partial charge in [-0.15, -0.1) is 11.8 Å². The summed E-state index contributed by atoms with van der Waals surface area (Å²) in [5, 5.41) is 25.9. The zero-order chi connectivity index (χ0) is 22.4. The molecule has 9 heteroatoms. The number of benzene rings is 1. The Morgan fingerprint density at radius 2 is 2.10 bits per heavy atom. The maximum atomic E-state index is 12.7. The molecule has 2 saturated heterocycles. The second-order valence-electron chi connectivity index (χ2n) is 8.57. The number of hydrogen-bond acceptors (Lipinski definition) is 6. The number of amides is 2. The summed E-state index contributed by atoms with van der Waals surface area (Å²) in [5.74, 6) is -2.33. The molecule has 1 aromatic carbocycles. The van der Waals surface area contributed by atoms with E-state index in [-0.39, 0.29) is 40.8 Å². The average molecular weight is 446 g/mol. The smallest absolute Gasteiger partial charge is 0.353 e. The summed E-state index contributed by atoms with van der Waals surface area (Å²) in [6.45, 7) is 6.00. The maximum Gasteiger partial charge on any atom is 0.353 e. The predicted molar refractivity (Wildman–Crippen MR) is 117 cm³/mol. The highest BCUT2D eigenvalue weighted by Gasteiger charge is 2.60. The summed E-state index contributed by atoms with van der Waals surface area (Å²) in [7, 11) is 0. The molecule has 0 bridgehead atoms. The van der Waals surface area contributed by atoms with E-state index in [1.165, 1.54) is 16.7 Å². The quantitative estimate of drug-likeness (QED) is 0.491. The number of carbonyl (C=O) groups is 3. The Balaban J connectivity index is 1.44. The molecule has 6 atom stereocenters. The fraction of sp³-hybridized carbons (Fsp3) is 0.500. The van der Waals surface area contributed by atoms with Gasteiger partial charge in [0.05, 0.1) is 24.1 Å². The van der Waals surface area contributed by atoms with Crippen LogP contribution in [0, 0.1) is 18.8 Å². The number of fused-ring (bicyclic) bond motifs is 1. The Hall–Kier alpha value is -2.36. The SMILES string of the molecule is Cc1cccc(NC(=O)[C@@H]2C[C@H](SC3=C(C(=O)O)N4C(=O)[C@H]([C@@H](C)O)[C@H]4[C@H]3C)CN2)c1. The molecule has 0 unspecified atom stereocenters. The summed E-state index contributed by atoms with van der Waals surface area (Å²) in [5.41, 5.74) is 1.83. The van der Waals surface area contributed by atoms with Crippen LogP contribution >= 0.6 is 11.8 Å². The Labute approximate surface area is 185 Å². The lowest BCUT2D eigenvalue weighted by atomic mass is 9.79. The second kappa shape index (κ2) is 8.29. The molecule has 3 heterocycles. The molecule has 0 radical (unpaired) electrons. The van der Waals surface area contributed by atoms with Gasteiger partial charge in [-0.25, -0.2) is 4.79 Å². The molecule has 4 N–H and O–H groups in total. The van der Waals surface area contributed by atoms with Gasteiger partial charge < -0.3 is 25.7 Å². The topological polar surface area (TPSA) is 119 Å². The minimum atomic E-state index is -1.13. The molecule has 0 aliphatic carbocycles. The number of hydrogen-bond donors (Lipinski definition) is 4. The van der Waals surface area contributed by atoms with Gasteiger partial charge in [0.2, 0.25) is 11.8 Å². The fourth-order valence-corrected chi connectivity index (χ4v) is 6.28. The molecular formula is C22H27N3O5S. The summed E-state index contributed by atoms with van der Waals surface area (Å²) >= 11 is 1.43. The van der Waals surface area contributed by atoms with Crippen molar-refractivity contribution in [2.75, 3.05) is 11.9 Å². The van der Waals surface area contributed by atoms with Crippen LogP contribution in [-0.4, -0.2) is 62.9 Å². The zero-order valence-electron chi connectivity index (χ0n) is 17.7. The van der Waals surface area contributed by atoms with Crippen molar-refractivity contribution in [3.05, 3.63) is 40.4 Å². The normalized spacial score (nSPS) is 30.8. The number of aliphatic hydroxyl groups excluding tert-OH is 1. The van der Waals surface area contributed by atoms with E-state index in [2.05, 4.69) is 10.6 Å². The van der Waals surface area contributed by atoms with Crippen LogP contribution in [0.2, 0.25) is 0 Å². The number of carboxylic acids is 1. The molecule has 4 rings (SSSR count). The van der Waals surface area contributed by atoms with E-state index in [1.54, 1.807) is 6.92 Å². The highest BCUT2D eigenvalue weighted by atomic mass is 32.2. The largest absolute Gasteiger partial charge is 0.477 e. The van der Waals surface area contributed by atoms with Crippen LogP contribution in [0.4, 0.5) is 5.69 Å². The maximum absolute atomic E-state index is 12.7. The Morgan fingerprint density at radius 1 is 1.35 bits per heavy atom. The fourth-order valence-electron chi connectivity index (χ4n) is 4.80. The summed E-state index contributed by atoms with van der Waals surface area (Å²) in [4.78, 5) is 39.0. The molecule has 2 amide bonds. The van der Waals surface area contributed by atoms with E-state index in [1.807, 2.05) is 38.1 Å². The van der Waals surface area contributed by atoms with Crippen LogP contribution < -0.4 is 10.6 Å². The first-order valence-corrected chi connectivity index (χ1v) is 11.3. The zero-order valence-corrected chi connectivity index (χ0v) is 18.5. The number of thioether (sulfide) groups is 1. The number of aliphatic carboxylic acids is 1. The van der Waals surface area contributed by atoms with Crippen molar-refractivity contribution in [3.63, 3.8) is 0 Å². The number of aliphatic hydroxyl groups is 1. The van der Waals surface area contributed by atoms with E-state index < -0.39 is 18.0 Å². The third-order valence-electron chi connectivity index (χ3n) is 6.30. The van der Waals surface area contributed by atoms with Crippen LogP contribution in [0.5, 0.6) is 0 Å². The van der Waals surface area contributed by atoms with E-state index in [9.17, 15) is 24.6 Å². The van der Waals surface area contributed by atoms with Crippen molar-refractivity contribution >= 4 is 35.2 Å². The van der Waals surface area contributed by atoms with Crippen molar-refractivity contribution in [2.24, 2.45) is 11.8 Å². The van der Waals surface area contributed by atoms with Crippen molar-refractivity contribution in [1.29, 1.82) is 0 Å². The van der Waals surface area contributed by atoms with Gasteiger partial charge >= 0.3 is 5.97 Å². The van der Waals surface area contributed by atoms with Crippen molar-refractivity contribution in [1.82, 2.24) is 10.2 Å². The monoisotopic (exact) mass is 445 g/mol. The molecule has 0 saturated carbocycles. The van der Waals surface area contributed by atoms with Gasteiger partial charge in [0.25, 0.3) is 0 Å². The third-order valence-corrected chi connectivity index (χ3v) is 7.81. The standard InChI is InChI=1S/C22H27N3O5S/c1-10-5-4-6-13(7-10)24-20(27)15-8-14(9-23-15)31-19-11(2)17-16(12(3)26)21(28)25(17)18(19)22(29)30/h4-7,11-12,14-17,23,26H,8-9H2,1-3H3,(H,24,27)(H,29,30)/t11-,12-,14+,15+,16-,17-/m1/s1. The molecule has 3 aliphatic rings. The summed E-state index contributed by atoms with van der Waals surface area (Å²) in [6, 6.07) is 6.91. The summed E-state index contributed by atoms with van der Waals surface area (Å²) in [6.07, 6.45) is -0.261. The van der Waals surface area contributed by atoms with Gasteiger partial charge in [-0.05, 0) is 38.0 Å². The molecule has 2 fully saturated rings. The van der Waals surface area contributed by atoms with Gasteiger partial charge in [0.15, 0.2) is 0 Å². The highest BCUT2D eigenvalue weighted by molar-refractivity contribution is 8.03. The van der Waals surface area contributed by atoms with Crippen LogP contribution in [-0.2, 0) is 14.4 Å². The number of β-lactam (4-membered cyclic amide) rings is 1. The number of carboxylic acid groups (broad SMARTS) is 1. The van der Waals surface area contributed by atoms with Gasteiger partial charge in [-0.3, -0.25) is 9.59 Å². The van der Waals surface area contributed by atoms with Crippen molar-refractivity contribution in [2.45, 2.75) is 50.6 Å². The lowest BCUT2D eigenvalue weighted by Crippen LogP contribution is -2.63. The van der Waals surface area contributed by atoms with Crippen LogP contribution in [0.3, 0.4) is 0 Å². The molecular weight excluding hydrogens is 418 g/mol. The lowest BCUT2D eigenvalue weighted by Gasteiger charge is -2.46. The Bertz CT molecular complexity index is 962. The number of carbonyl (C=O) groups excluding carboxylic acids is 2. The first-order chi connectivity index (χ1) is 14.7. The predicted octanol–water partition coefficient (Wildman–Crippen LogP) is 1.55. The van der Waals surface area contributed by atoms with E-state index >= 15 is 0 Å². The molecule has 166 valence electrons. The van der Waals surface area contributed by atoms with Gasteiger partial charge in [0.1, 0.15) is 5.70 Å². The van der Waals surface area contributed by atoms with Gasteiger partial charge in [-0.1, -0.05) is 19.1 Å². The average Bonchev–Trinajstić information content (AvgIpc) is 3.24. The molecule has 31 heavy (non-hydrogen) atoms. The molecule has 3 aliphatic heterocycles. The Kier molecular flexibility index (Phi) is 5.85. The van der Waals surface area contributed by atoms with E-state index in [0.29, 0.717) is 17.9 Å². The number of aryl methyl sites for hydroxylation is 1. The van der Waals surface area contributed by atoms with Crippen molar-refractivity contribution < 1.29 is 24.6 Å². The van der Waals surface area contributed by atoms with Gasteiger partial charge in [0, 0.05) is 28.3 Å². The second-order valence-corrected chi connectivity index (χ2v) is 9.91. The first-order valence-electron chi connectivity index (χ1n) is 10.4. The molecule has 1 aromatic rings. The highest BCUT2D eigenvalue weighted by Crippen LogP contribution is 2.51. The molecule has 8 nitrogen and oxygen atoms in total. The molecule has 0 aromatic heterocycles. The van der Waals surface area contributed by atoms with E-state index in [4.69, 9.17) is 0 Å². The van der Waals surface area contributed by atoms with Crippen LogP contribution in [0.15, 0.2) is 34.9 Å². The third kappa shape index (κ3) is 3.86. The van der Waals surface area contributed by atoms with Crippen LogP contribution in [0.25, 0.3) is 0 Å². The minimum absolute atomic E-state index is 0.0128. The lowest BCUT2D eigenvalue weighted by molar-refractivity contribution is -0.163. The number of nitrogens with zero attached hydrogens (tertiary/aromatic N) is 1. The number of rotatable bonds is 6. The minimum Gasteiger partial charge on any atom is -0.477 e. The number of anilines is 1.